The maximum atomic E-state index is 5.23. The molecule has 3 nitrogen and oxygen atoms in total. The maximum Gasteiger partial charge on any atom is 0.0632 e. The second kappa shape index (κ2) is 8.56. The molecule has 0 aromatic heterocycles. The molecule has 5 heteroatoms. The molecule has 1 aliphatic rings. The first kappa shape index (κ1) is 14.0. The number of rotatable bonds is 2. The lowest BCUT2D eigenvalue weighted by Gasteiger charge is -2.23. The van der Waals surface area contributed by atoms with E-state index < -0.39 is 0 Å². The molecule has 11 heavy (non-hydrogen) atoms. The van der Waals surface area contributed by atoms with Crippen LogP contribution in [0.4, 0.5) is 0 Å². The zero-order chi connectivity index (χ0) is 6.53. The van der Waals surface area contributed by atoms with Crippen molar-refractivity contribution >= 4 is 24.8 Å². The van der Waals surface area contributed by atoms with Gasteiger partial charge in [0, 0.05) is 19.1 Å². The minimum Gasteiger partial charge on any atom is -0.378 e. The monoisotopic (exact) mass is 202 g/mol. The largest absolute Gasteiger partial charge is 0.378 e. The number of hydrogen-bond acceptors (Lipinski definition) is 3. The lowest BCUT2D eigenvalue weighted by atomic mass is 10.3. The summed E-state index contributed by atoms with van der Waals surface area (Å²) >= 11 is 0. The summed E-state index contributed by atoms with van der Waals surface area (Å²) in [6, 6.07) is 0.517. The van der Waals surface area contributed by atoms with Gasteiger partial charge in [-0.15, -0.1) is 24.8 Å². The lowest BCUT2D eigenvalue weighted by molar-refractivity contribution is 0.0773. The predicted octanol–water partition coefficient (Wildman–Crippen LogP) is 0.0378. The minimum absolute atomic E-state index is 0. The van der Waals surface area contributed by atoms with Crippen molar-refractivity contribution in [2.24, 2.45) is 0 Å². The van der Waals surface area contributed by atoms with Gasteiger partial charge in [0.1, 0.15) is 0 Å². The Kier molecular flexibility index (Phi) is 10.9. The summed E-state index contributed by atoms with van der Waals surface area (Å²) in [4.78, 5) is 0. The summed E-state index contributed by atoms with van der Waals surface area (Å²) in [5.74, 6) is 0. The molecule has 0 unspecified atom stereocenters. The molecule has 0 saturated carbocycles. The van der Waals surface area contributed by atoms with Crippen molar-refractivity contribution in [3.05, 3.63) is 0 Å². The Hall–Kier alpha value is 0.460. The van der Waals surface area contributed by atoms with Gasteiger partial charge in [0.05, 0.1) is 13.2 Å². The number of likely N-dealkylation sites (N-methyl/N-ethyl adjacent to an activating group) is 1. The van der Waals surface area contributed by atoms with Gasteiger partial charge in [-0.25, -0.2) is 0 Å². The molecular formula is C6H16Cl2N2O. The molecule has 1 saturated heterocycles. The molecule has 0 aromatic rings. The highest BCUT2D eigenvalue weighted by atomic mass is 35.5. The highest BCUT2D eigenvalue weighted by Crippen LogP contribution is 1.89. The second-order valence-corrected chi connectivity index (χ2v) is 2.28. The Labute approximate surface area is 80.1 Å². The molecule has 0 aliphatic carbocycles. The third-order valence-corrected chi connectivity index (χ3v) is 1.45. The second-order valence-electron chi connectivity index (χ2n) is 2.28. The number of ether oxygens (including phenoxy) is 1. The van der Waals surface area contributed by atoms with Gasteiger partial charge in [-0.05, 0) is 7.05 Å². The molecule has 0 amide bonds. The van der Waals surface area contributed by atoms with Crippen molar-refractivity contribution in [3.63, 3.8) is 0 Å². The molecule has 1 heterocycles. The maximum absolute atomic E-state index is 5.23. The minimum atomic E-state index is 0. The molecule has 70 valence electrons. The zero-order valence-electron chi connectivity index (χ0n) is 6.63. The van der Waals surface area contributed by atoms with Crippen molar-refractivity contribution in [3.8, 4) is 0 Å². The van der Waals surface area contributed by atoms with Crippen LogP contribution < -0.4 is 10.6 Å². The van der Waals surface area contributed by atoms with E-state index in [4.69, 9.17) is 4.74 Å². The summed E-state index contributed by atoms with van der Waals surface area (Å²) in [5, 5.41) is 6.43. The SMILES string of the molecule is CNC[C@H]1COCCN1.Cl.Cl. The first-order valence-electron chi connectivity index (χ1n) is 3.39. The van der Waals surface area contributed by atoms with Crippen LogP contribution in [0.25, 0.3) is 0 Å². The number of hydrogen-bond donors (Lipinski definition) is 2. The van der Waals surface area contributed by atoms with Crippen LogP contribution in [0.2, 0.25) is 0 Å². The van der Waals surface area contributed by atoms with Crippen molar-refractivity contribution in [2.75, 3.05) is 33.4 Å². The van der Waals surface area contributed by atoms with Crippen molar-refractivity contribution < 1.29 is 4.74 Å². The molecule has 1 rings (SSSR count). The van der Waals surface area contributed by atoms with E-state index in [-0.39, 0.29) is 24.8 Å². The Morgan fingerprint density at radius 1 is 1.55 bits per heavy atom. The van der Waals surface area contributed by atoms with E-state index in [0.717, 1.165) is 26.3 Å². The molecule has 0 bridgehead atoms. The van der Waals surface area contributed by atoms with Crippen LogP contribution in [0, 0.1) is 0 Å². The quantitative estimate of drug-likeness (QED) is 0.664. The van der Waals surface area contributed by atoms with Crippen LogP contribution in [0.5, 0.6) is 0 Å². The molecule has 0 radical (unpaired) electrons. The summed E-state index contributed by atoms with van der Waals surface area (Å²) in [5.41, 5.74) is 0. The van der Waals surface area contributed by atoms with E-state index >= 15 is 0 Å². The van der Waals surface area contributed by atoms with Crippen LogP contribution in [0.3, 0.4) is 0 Å². The van der Waals surface area contributed by atoms with Crippen molar-refractivity contribution in [2.45, 2.75) is 6.04 Å². The van der Waals surface area contributed by atoms with E-state index in [1.165, 1.54) is 0 Å². The van der Waals surface area contributed by atoms with E-state index in [2.05, 4.69) is 10.6 Å². The summed E-state index contributed by atoms with van der Waals surface area (Å²) in [6.45, 7) is 3.70. The first-order valence-corrected chi connectivity index (χ1v) is 3.39. The van der Waals surface area contributed by atoms with E-state index in [1.54, 1.807) is 0 Å². The summed E-state index contributed by atoms with van der Waals surface area (Å²) in [6.07, 6.45) is 0. The van der Waals surface area contributed by atoms with Gasteiger partial charge in [-0.3, -0.25) is 0 Å². The summed E-state index contributed by atoms with van der Waals surface area (Å²) < 4.78 is 5.23. The van der Waals surface area contributed by atoms with Crippen molar-refractivity contribution in [1.82, 2.24) is 10.6 Å². The van der Waals surface area contributed by atoms with Gasteiger partial charge < -0.3 is 15.4 Å². The predicted molar refractivity (Wildman–Crippen MR) is 51.0 cm³/mol. The third kappa shape index (κ3) is 5.70. The van der Waals surface area contributed by atoms with Gasteiger partial charge >= 0.3 is 0 Å². The lowest BCUT2D eigenvalue weighted by Crippen LogP contribution is -2.46. The van der Waals surface area contributed by atoms with Crippen LogP contribution in [0.15, 0.2) is 0 Å². The molecule has 1 aliphatic heterocycles. The van der Waals surface area contributed by atoms with Gasteiger partial charge in [0.25, 0.3) is 0 Å². The molecular weight excluding hydrogens is 187 g/mol. The summed E-state index contributed by atoms with van der Waals surface area (Å²) in [7, 11) is 1.95. The molecule has 1 atom stereocenters. The zero-order valence-corrected chi connectivity index (χ0v) is 8.26. The number of halogens is 2. The highest BCUT2D eigenvalue weighted by molar-refractivity contribution is 5.85. The van der Waals surface area contributed by atoms with E-state index in [1.807, 2.05) is 7.05 Å². The van der Waals surface area contributed by atoms with E-state index in [9.17, 15) is 0 Å². The van der Waals surface area contributed by atoms with Crippen molar-refractivity contribution in [1.29, 1.82) is 0 Å². The first-order chi connectivity index (χ1) is 4.43. The Morgan fingerprint density at radius 2 is 2.27 bits per heavy atom. The van der Waals surface area contributed by atoms with Gasteiger partial charge in [0.2, 0.25) is 0 Å². The average Bonchev–Trinajstić information content (AvgIpc) is 1.91. The normalized spacial score (nSPS) is 23.2. The number of morpholine rings is 1. The van der Waals surface area contributed by atoms with Crippen LogP contribution >= 0.6 is 24.8 Å². The van der Waals surface area contributed by atoms with Gasteiger partial charge in [-0.1, -0.05) is 0 Å². The van der Waals surface area contributed by atoms with Gasteiger partial charge in [0.15, 0.2) is 0 Å². The Morgan fingerprint density at radius 3 is 2.73 bits per heavy atom. The molecule has 0 spiro atoms. The molecule has 2 N–H and O–H groups in total. The van der Waals surface area contributed by atoms with Gasteiger partial charge in [-0.2, -0.15) is 0 Å². The Bertz CT molecular complexity index is 76.2. The van der Waals surface area contributed by atoms with Crippen LogP contribution in [-0.2, 0) is 4.74 Å². The third-order valence-electron chi connectivity index (χ3n) is 1.45. The fraction of sp³-hybridized carbons (Fsp3) is 1.00. The van der Waals surface area contributed by atoms with E-state index in [0.29, 0.717) is 6.04 Å². The topological polar surface area (TPSA) is 33.3 Å². The Balaban J connectivity index is 0. The van der Waals surface area contributed by atoms with Crippen LogP contribution in [0.1, 0.15) is 0 Å². The molecule has 1 fully saturated rings. The fourth-order valence-electron chi connectivity index (χ4n) is 0.997. The highest BCUT2D eigenvalue weighted by Gasteiger charge is 2.10. The number of nitrogens with one attached hydrogen (secondary N) is 2. The molecule has 0 aromatic carbocycles. The smallest absolute Gasteiger partial charge is 0.0632 e. The van der Waals surface area contributed by atoms with Crippen LogP contribution in [-0.4, -0.2) is 39.4 Å². The fourth-order valence-corrected chi connectivity index (χ4v) is 0.997. The standard InChI is InChI=1S/C6H14N2O.2ClH/c1-7-4-6-5-9-3-2-8-6;;/h6-8H,2-5H2,1H3;2*1H/t6-;;/m0../s1. The average molecular weight is 203 g/mol.